The molecule has 5 aromatic carbocycles. The molecule has 1 aliphatic carbocycles. The molecule has 4 aromatic heterocycles. The zero-order valence-electron chi connectivity index (χ0n) is 35.1. The number of carbonyl (C=O) groups excluding carboxylic acids is 2. The minimum Gasteiger partial charge on any atom is -0.495 e. The van der Waals surface area contributed by atoms with Gasteiger partial charge in [0, 0.05) is 34.9 Å². The Kier molecular flexibility index (Phi) is 10.6. The van der Waals surface area contributed by atoms with Crippen LogP contribution in [0.15, 0.2) is 164 Å². The summed E-state index contributed by atoms with van der Waals surface area (Å²) in [5.74, 6) is -0.194. The lowest BCUT2D eigenvalue weighted by atomic mass is 9.81. The number of halogens is 3. The minimum absolute atomic E-state index is 0.0159. The van der Waals surface area contributed by atoms with Crippen molar-refractivity contribution in [3.63, 3.8) is 0 Å². The average molecular weight is 885 g/mol. The van der Waals surface area contributed by atoms with Gasteiger partial charge >= 0.3 is 6.18 Å². The summed E-state index contributed by atoms with van der Waals surface area (Å²) in [6, 6.07) is 44.2. The number of alkyl halides is 3. The summed E-state index contributed by atoms with van der Waals surface area (Å²) < 4.78 is 49.3. The van der Waals surface area contributed by atoms with Crippen molar-refractivity contribution in [3.8, 4) is 28.0 Å². The van der Waals surface area contributed by atoms with Crippen LogP contribution in [-0.2, 0) is 15.8 Å². The number of ether oxygens (including phenoxy) is 1. The first-order valence-corrected chi connectivity index (χ1v) is 21.0. The van der Waals surface area contributed by atoms with E-state index < -0.39 is 23.1 Å². The SMILES string of the molecule is COc1ccccc1Nc1nc2ccc(-c3ccc(NC(=O)C4(C(C(=O)Nc5ccc(-c6ccc7nc(Nc8ccccc8C(F)(F)F)nn7c6)cc5)c5ccccc5)CC4)cc3)cn2n1. The van der Waals surface area contributed by atoms with Gasteiger partial charge in [-0.25, -0.2) is 9.03 Å². The highest BCUT2D eigenvalue weighted by atomic mass is 19.4. The molecule has 1 saturated carbocycles. The summed E-state index contributed by atoms with van der Waals surface area (Å²) in [4.78, 5) is 37.4. The molecule has 4 heterocycles. The molecule has 1 atom stereocenters. The van der Waals surface area contributed by atoms with E-state index >= 15 is 0 Å². The van der Waals surface area contributed by atoms with E-state index in [1.807, 2.05) is 115 Å². The Morgan fingerprint density at radius 3 is 1.67 bits per heavy atom. The molecule has 0 saturated heterocycles. The van der Waals surface area contributed by atoms with Crippen LogP contribution in [0.4, 0.5) is 47.8 Å². The molecule has 0 spiro atoms. The van der Waals surface area contributed by atoms with Gasteiger partial charge in [0.05, 0.1) is 35.4 Å². The molecule has 0 bridgehead atoms. The first kappa shape index (κ1) is 41.5. The van der Waals surface area contributed by atoms with E-state index in [0.29, 0.717) is 47.2 Å². The monoisotopic (exact) mass is 884 g/mol. The summed E-state index contributed by atoms with van der Waals surface area (Å²) >= 11 is 0. The summed E-state index contributed by atoms with van der Waals surface area (Å²) in [6.45, 7) is 0. The first-order valence-electron chi connectivity index (χ1n) is 21.0. The molecule has 13 nitrogen and oxygen atoms in total. The highest BCUT2D eigenvalue weighted by Crippen LogP contribution is 2.57. The largest absolute Gasteiger partial charge is 0.495 e. The maximum Gasteiger partial charge on any atom is 0.418 e. The Balaban J connectivity index is 0.817. The molecule has 1 aliphatic rings. The Hall–Kier alpha value is -8.53. The molecule has 66 heavy (non-hydrogen) atoms. The van der Waals surface area contributed by atoms with Crippen LogP contribution in [0.1, 0.15) is 29.9 Å². The topological polar surface area (TPSA) is 152 Å². The van der Waals surface area contributed by atoms with Crippen molar-refractivity contribution in [1.29, 1.82) is 0 Å². The number of benzene rings is 5. The van der Waals surface area contributed by atoms with Crippen LogP contribution in [-0.4, -0.2) is 48.1 Å². The normalized spacial score (nSPS) is 13.5. The van der Waals surface area contributed by atoms with Gasteiger partial charge < -0.3 is 26.0 Å². The summed E-state index contributed by atoms with van der Waals surface area (Å²) in [5, 5.41) is 21.0. The number of nitrogens with zero attached hydrogens (tertiary/aromatic N) is 6. The molecule has 0 aliphatic heterocycles. The van der Waals surface area contributed by atoms with Crippen molar-refractivity contribution in [2.45, 2.75) is 24.9 Å². The number of para-hydroxylation sites is 3. The molecule has 1 fully saturated rings. The predicted octanol–water partition coefficient (Wildman–Crippen LogP) is 10.8. The van der Waals surface area contributed by atoms with Crippen molar-refractivity contribution >= 4 is 57.8 Å². The van der Waals surface area contributed by atoms with Gasteiger partial charge in [-0.3, -0.25) is 9.59 Å². The lowest BCUT2D eigenvalue weighted by Crippen LogP contribution is -2.36. The van der Waals surface area contributed by atoms with Crippen molar-refractivity contribution < 1.29 is 27.5 Å². The Bertz CT molecular complexity index is 3240. The van der Waals surface area contributed by atoms with Gasteiger partial charge in [0.1, 0.15) is 5.75 Å². The van der Waals surface area contributed by atoms with E-state index in [9.17, 15) is 22.8 Å². The number of carbonyl (C=O) groups is 2. The zero-order valence-corrected chi connectivity index (χ0v) is 35.1. The van der Waals surface area contributed by atoms with Crippen LogP contribution in [0.3, 0.4) is 0 Å². The highest BCUT2D eigenvalue weighted by Gasteiger charge is 2.58. The van der Waals surface area contributed by atoms with E-state index in [0.717, 1.165) is 39.6 Å². The molecule has 4 N–H and O–H groups in total. The maximum atomic E-state index is 14.3. The quantitative estimate of drug-likeness (QED) is 0.0887. The van der Waals surface area contributed by atoms with E-state index in [1.54, 1.807) is 36.0 Å². The Morgan fingerprint density at radius 1 is 0.606 bits per heavy atom. The van der Waals surface area contributed by atoms with E-state index in [2.05, 4.69) is 41.4 Å². The molecule has 328 valence electrons. The van der Waals surface area contributed by atoms with E-state index in [1.165, 1.54) is 22.7 Å². The zero-order chi connectivity index (χ0) is 45.4. The van der Waals surface area contributed by atoms with E-state index in [-0.39, 0.29) is 23.5 Å². The molecule has 16 heteroatoms. The van der Waals surface area contributed by atoms with Crippen molar-refractivity contribution in [2.75, 3.05) is 28.4 Å². The number of hydrogen-bond acceptors (Lipinski definition) is 9. The second-order valence-corrected chi connectivity index (χ2v) is 15.9. The number of hydrogen-bond donors (Lipinski definition) is 4. The smallest absolute Gasteiger partial charge is 0.418 e. The second kappa shape index (κ2) is 16.9. The average Bonchev–Trinajstić information content (AvgIpc) is 3.86. The fourth-order valence-electron chi connectivity index (χ4n) is 8.15. The summed E-state index contributed by atoms with van der Waals surface area (Å²) in [5.41, 5.74) is 5.17. The number of fused-ring (bicyclic) bond motifs is 2. The number of rotatable bonds is 13. The molecular formula is C50H39F3N10O3. The third-order valence-corrected chi connectivity index (χ3v) is 11.6. The molecule has 1 unspecified atom stereocenters. The Morgan fingerprint density at radius 2 is 1.11 bits per heavy atom. The molecule has 0 radical (unpaired) electrons. The first-order chi connectivity index (χ1) is 32.0. The third kappa shape index (κ3) is 8.34. The maximum absolute atomic E-state index is 14.3. The van der Waals surface area contributed by atoms with Gasteiger partial charge in [-0.05, 0) is 102 Å². The lowest BCUT2D eigenvalue weighted by Gasteiger charge is -2.26. The Labute approximate surface area is 375 Å². The van der Waals surface area contributed by atoms with Gasteiger partial charge in [-0.1, -0.05) is 78.9 Å². The fraction of sp³-hybridized carbons (Fsp3) is 0.120. The van der Waals surface area contributed by atoms with Gasteiger partial charge in [-0.15, -0.1) is 10.2 Å². The van der Waals surface area contributed by atoms with Gasteiger partial charge in [-0.2, -0.15) is 23.1 Å². The standard InChI is InChI=1S/C50H39F3N10O3/c1-66-41-14-8-7-13-40(41)57-48-59-43-26-20-35(30-63(43)61-48)32-17-23-37(24-18-32)55-46(65)49(27-28-49)44(33-9-3-2-4-10-33)45(64)54-36-21-15-31(16-22-36)34-19-25-42-58-47(60-62(42)29-34)56-39-12-6-5-11-38(39)50(51,52)53/h2-26,29-30,44H,27-28H2,1H3,(H,54,64)(H,55,65)(H,56,60)(H,57,61). The van der Waals surface area contributed by atoms with Crippen molar-refractivity contribution in [3.05, 3.63) is 175 Å². The molecule has 2 amide bonds. The van der Waals surface area contributed by atoms with Crippen LogP contribution in [0.5, 0.6) is 5.75 Å². The predicted molar refractivity (Wildman–Crippen MR) is 246 cm³/mol. The molecule has 9 aromatic rings. The highest BCUT2D eigenvalue weighted by molar-refractivity contribution is 6.06. The number of methoxy groups -OCH3 is 1. The van der Waals surface area contributed by atoms with Crippen LogP contribution in [0.25, 0.3) is 33.5 Å². The third-order valence-electron chi connectivity index (χ3n) is 11.6. The van der Waals surface area contributed by atoms with Crippen LogP contribution < -0.4 is 26.0 Å². The van der Waals surface area contributed by atoms with Crippen molar-refractivity contribution in [2.24, 2.45) is 5.41 Å². The van der Waals surface area contributed by atoms with Crippen molar-refractivity contribution in [1.82, 2.24) is 29.2 Å². The van der Waals surface area contributed by atoms with Crippen LogP contribution >= 0.6 is 0 Å². The second-order valence-electron chi connectivity index (χ2n) is 15.9. The van der Waals surface area contributed by atoms with Gasteiger partial charge in [0.15, 0.2) is 11.3 Å². The number of aromatic nitrogens is 6. The number of nitrogens with one attached hydrogen (secondary N) is 4. The minimum atomic E-state index is -4.55. The number of amides is 2. The summed E-state index contributed by atoms with van der Waals surface area (Å²) in [6.07, 6.45) is 0.133. The van der Waals surface area contributed by atoms with Gasteiger partial charge in [0.25, 0.3) is 0 Å². The fourth-order valence-corrected chi connectivity index (χ4v) is 8.15. The lowest BCUT2D eigenvalue weighted by molar-refractivity contribution is -0.137. The number of pyridine rings is 2. The number of anilines is 6. The van der Waals surface area contributed by atoms with Crippen LogP contribution in [0.2, 0.25) is 0 Å². The van der Waals surface area contributed by atoms with E-state index in [4.69, 9.17) is 4.74 Å². The van der Waals surface area contributed by atoms with Crippen LogP contribution in [0, 0.1) is 5.41 Å². The summed E-state index contributed by atoms with van der Waals surface area (Å²) in [7, 11) is 1.61. The van der Waals surface area contributed by atoms with Gasteiger partial charge in [0.2, 0.25) is 23.7 Å². The molecular weight excluding hydrogens is 846 g/mol. The molecule has 10 rings (SSSR count).